The van der Waals surface area contributed by atoms with Crippen LogP contribution in [0.2, 0.25) is 0 Å². The highest BCUT2D eigenvalue weighted by atomic mass is 16.4. The van der Waals surface area contributed by atoms with E-state index in [1.165, 1.54) is 6.92 Å². The predicted molar refractivity (Wildman–Crippen MR) is 141 cm³/mol. The van der Waals surface area contributed by atoms with Crippen molar-refractivity contribution in [3.05, 3.63) is 36.0 Å². The van der Waals surface area contributed by atoms with Gasteiger partial charge in [0.1, 0.15) is 18.1 Å². The van der Waals surface area contributed by atoms with Crippen molar-refractivity contribution >= 4 is 46.5 Å². The molecule has 39 heavy (non-hydrogen) atoms. The summed E-state index contributed by atoms with van der Waals surface area (Å²) in [5, 5.41) is 26.1. The summed E-state index contributed by atoms with van der Waals surface area (Å²) in [4.78, 5) is 67.5. The number of para-hydroxylation sites is 1. The van der Waals surface area contributed by atoms with Crippen molar-refractivity contribution in [3.63, 3.8) is 0 Å². The number of aromatic nitrogens is 1. The minimum absolute atomic E-state index is 0.00545. The highest BCUT2D eigenvalue weighted by Gasteiger charge is 2.29. The molecule has 0 saturated carbocycles. The van der Waals surface area contributed by atoms with E-state index < -0.39 is 60.2 Å². The number of benzene rings is 1. The highest BCUT2D eigenvalue weighted by Crippen LogP contribution is 2.18. The lowest BCUT2D eigenvalue weighted by Gasteiger charge is -2.23. The molecule has 212 valence electrons. The van der Waals surface area contributed by atoms with Gasteiger partial charge in [0.15, 0.2) is 5.96 Å². The van der Waals surface area contributed by atoms with E-state index in [0.29, 0.717) is 0 Å². The third kappa shape index (κ3) is 9.62. The van der Waals surface area contributed by atoms with Crippen LogP contribution in [-0.2, 0) is 30.4 Å². The van der Waals surface area contributed by atoms with E-state index in [2.05, 4.69) is 25.9 Å². The van der Waals surface area contributed by atoms with Crippen molar-refractivity contribution in [2.24, 2.45) is 22.2 Å². The van der Waals surface area contributed by atoms with Gasteiger partial charge in [-0.3, -0.25) is 24.2 Å². The van der Waals surface area contributed by atoms with Gasteiger partial charge in [-0.2, -0.15) is 0 Å². The number of carboxylic acids is 2. The Morgan fingerprint density at radius 3 is 2.28 bits per heavy atom. The minimum Gasteiger partial charge on any atom is -0.481 e. The number of nitrogens with two attached hydrogens (primary N) is 3. The molecule has 0 aliphatic carbocycles. The van der Waals surface area contributed by atoms with Gasteiger partial charge >= 0.3 is 11.9 Å². The number of carbonyl (C=O) groups excluding carboxylic acids is 3. The van der Waals surface area contributed by atoms with E-state index in [9.17, 15) is 29.1 Å². The molecule has 15 heteroatoms. The molecule has 0 saturated heterocycles. The average molecular weight is 547 g/mol. The number of rotatable bonds is 15. The molecule has 0 radical (unpaired) electrons. The van der Waals surface area contributed by atoms with Crippen molar-refractivity contribution in [3.8, 4) is 0 Å². The first-order valence-corrected chi connectivity index (χ1v) is 12.1. The molecular weight excluding hydrogens is 512 g/mol. The number of aliphatic imine (C=N–C) groups is 1. The van der Waals surface area contributed by atoms with Crippen molar-refractivity contribution < 1.29 is 34.2 Å². The first kappa shape index (κ1) is 30.6. The maximum absolute atomic E-state index is 12.8. The number of nitrogens with one attached hydrogen (secondary N) is 4. The second kappa shape index (κ2) is 14.3. The Morgan fingerprint density at radius 1 is 0.974 bits per heavy atom. The van der Waals surface area contributed by atoms with Crippen LogP contribution in [-0.4, -0.2) is 81.5 Å². The molecule has 0 aliphatic heterocycles. The van der Waals surface area contributed by atoms with Crippen LogP contribution < -0.4 is 33.2 Å². The molecule has 12 N–H and O–H groups in total. The summed E-state index contributed by atoms with van der Waals surface area (Å²) in [6.07, 6.45) is 1.32. The Morgan fingerprint density at radius 2 is 1.64 bits per heavy atom. The molecule has 4 atom stereocenters. The van der Waals surface area contributed by atoms with Crippen LogP contribution in [0, 0.1) is 0 Å². The van der Waals surface area contributed by atoms with Gasteiger partial charge in [-0.25, -0.2) is 4.79 Å². The zero-order chi connectivity index (χ0) is 29.1. The van der Waals surface area contributed by atoms with Gasteiger partial charge in [-0.05, 0) is 37.8 Å². The fraction of sp³-hybridized carbons (Fsp3) is 0.417. The average Bonchev–Trinajstić information content (AvgIpc) is 3.27. The number of carbonyl (C=O) groups is 5. The van der Waals surface area contributed by atoms with Gasteiger partial charge in [0.25, 0.3) is 0 Å². The highest BCUT2D eigenvalue weighted by molar-refractivity contribution is 5.94. The molecular formula is C24H34N8O7. The number of H-pyrrole nitrogens is 1. The molecule has 15 nitrogen and oxygen atoms in total. The van der Waals surface area contributed by atoms with Crippen LogP contribution in [0.15, 0.2) is 35.5 Å². The summed E-state index contributed by atoms with van der Waals surface area (Å²) in [5.74, 6) is -5.42. The fourth-order valence-corrected chi connectivity index (χ4v) is 3.73. The van der Waals surface area contributed by atoms with Gasteiger partial charge in [0.2, 0.25) is 17.7 Å². The minimum atomic E-state index is -1.72. The number of fused-ring (bicyclic) bond motifs is 1. The fourth-order valence-electron chi connectivity index (χ4n) is 3.73. The quantitative estimate of drug-likeness (QED) is 0.0681. The Balaban J connectivity index is 2.03. The van der Waals surface area contributed by atoms with Crippen LogP contribution in [0.1, 0.15) is 31.7 Å². The number of nitrogens with zero attached hydrogens (tertiary/aromatic N) is 1. The second-order valence-corrected chi connectivity index (χ2v) is 8.91. The molecule has 0 bridgehead atoms. The van der Waals surface area contributed by atoms with Gasteiger partial charge in [-0.1, -0.05) is 18.2 Å². The summed E-state index contributed by atoms with van der Waals surface area (Å²) in [7, 11) is 0. The Labute approximate surface area is 223 Å². The molecule has 0 spiro atoms. The normalized spacial score (nSPS) is 13.9. The summed E-state index contributed by atoms with van der Waals surface area (Å²) in [6.45, 7) is 1.51. The third-order valence-electron chi connectivity index (χ3n) is 5.78. The van der Waals surface area contributed by atoms with Gasteiger partial charge in [0, 0.05) is 23.6 Å². The Kier molecular flexibility index (Phi) is 11.2. The van der Waals surface area contributed by atoms with Crippen molar-refractivity contribution in [2.75, 3.05) is 6.54 Å². The lowest BCUT2D eigenvalue weighted by atomic mass is 10.0. The van der Waals surface area contributed by atoms with E-state index in [0.717, 1.165) is 16.5 Å². The van der Waals surface area contributed by atoms with E-state index in [4.69, 9.17) is 22.3 Å². The number of hydrogen-bond donors (Lipinski definition) is 9. The first-order valence-electron chi connectivity index (χ1n) is 12.1. The summed E-state index contributed by atoms with van der Waals surface area (Å²) in [6, 6.07) is 2.47. The SMILES string of the molecule is CC(NC(=O)C(N)Cc1c[nH]c2ccccc12)C(=O)NC(CCCN=C(N)N)C(=O)NC(CC(=O)O)C(=O)O. The second-order valence-electron chi connectivity index (χ2n) is 8.91. The number of aromatic amines is 1. The van der Waals surface area contributed by atoms with Crippen molar-refractivity contribution in [1.82, 2.24) is 20.9 Å². The molecule has 2 rings (SSSR count). The molecule has 1 heterocycles. The van der Waals surface area contributed by atoms with Gasteiger partial charge in [0.05, 0.1) is 12.5 Å². The summed E-state index contributed by atoms with van der Waals surface area (Å²) >= 11 is 0. The van der Waals surface area contributed by atoms with Crippen LogP contribution in [0.3, 0.4) is 0 Å². The van der Waals surface area contributed by atoms with E-state index in [1.807, 2.05) is 24.3 Å². The number of hydrogen-bond acceptors (Lipinski definition) is 7. The van der Waals surface area contributed by atoms with Gasteiger partial charge < -0.3 is 48.3 Å². The summed E-state index contributed by atoms with van der Waals surface area (Å²) < 4.78 is 0. The van der Waals surface area contributed by atoms with E-state index in [-0.39, 0.29) is 31.8 Å². The van der Waals surface area contributed by atoms with Crippen LogP contribution >= 0.6 is 0 Å². The number of guanidine groups is 1. The van der Waals surface area contributed by atoms with Crippen molar-refractivity contribution in [2.45, 2.75) is 56.8 Å². The maximum atomic E-state index is 12.8. The van der Waals surface area contributed by atoms with E-state index >= 15 is 0 Å². The molecule has 3 amide bonds. The standard InChI is InChI=1S/C24H34N8O7/c1-12(30-21(36)15(25)9-13-11-29-16-6-3-2-5-14(13)16)20(35)31-17(7-4-8-28-24(26)27)22(37)32-18(23(38)39)10-19(33)34/h2-3,5-6,11-12,15,17-18,29H,4,7-10,25H2,1H3,(H,30,36)(H,31,35)(H,32,37)(H,33,34)(H,38,39)(H4,26,27,28). The summed E-state index contributed by atoms with van der Waals surface area (Å²) in [5.41, 5.74) is 18.4. The number of carboxylic acid groups (broad SMARTS) is 2. The van der Waals surface area contributed by atoms with Crippen LogP contribution in [0.25, 0.3) is 10.9 Å². The molecule has 1 aromatic heterocycles. The lowest BCUT2D eigenvalue weighted by molar-refractivity contribution is -0.147. The largest absolute Gasteiger partial charge is 0.481 e. The maximum Gasteiger partial charge on any atom is 0.326 e. The third-order valence-corrected chi connectivity index (χ3v) is 5.78. The topological polar surface area (TPSA) is 268 Å². The predicted octanol–water partition coefficient (Wildman–Crippen LogP) is -1.88. The monoisotopic (exact) mass is 546 g/mol. The lowest BCUT2D eigenvalue weighted by Crippen LogP contribution is -2.56. The molecule has 0 aliphatic rings. The van der Waals surface area contributed by atoms with E-state index in [1.54, 1.807) is 6.20 Å². The molecule has 1 aromatic carbocycles. The molecule has 4 unspecified atom stereocenters. The first-order chi connectivity index (χ1) is 18.4. The molecule has 0 fully saturated rings. The van der Waals surface area contributed by atoms with Crippen molar-refractivity contribution in [1.29, 1.82) is 0 Å². The smallest absolute Gasteiger partial charge is 0.326 e. The van der Waals surface area contributed by atoms with Gasteiger partial charge in [-0.15, -0.1) is 0 Å². The zero-order valence-corrected chi connectivity index (χ0v) is 21.3. The van der Waals surface area contributed by atoms with Crippen LogP contribution in [0.5, 0.6) is 0 Å². The Hall–Kier alpha value is -4.66. The Bertz CT molecular complexity index is 1220. The number of amides is 3. The molecule has 2 aromatic rings. The zero-order valence-electron chi connectivity index (χ0n) is 21.3. The number of aliphatic carboxylic acids is 2. The van der Waals surface area contributed by atoms with Crippen LogP contribution in [0.4, 0.5) is 0 Å².